The van der Waals surface area contributed by atoms with E-state index in [1.54, 1.807) is 39.1 Å². The molecule has 0 radical (unpaired) electrons. The van der Waals surface area contributed by atoms with E-state index in [1.807, 2.05) is 26.0 Å². The quantitative estimate of drug-likeness (QED) is 0.569. The molecule has 9 heteroatoms. The number of aromatic nitrogens is 1. The second-order valence-electron chi connectivity index (χ2n) is 9.69. The van der Waals surface area contributed by atoms with Crippen LogP contribution in [0.4, 0.5) is 4.79 Å². The van der Waals surface area contributed by atoms with Crippen LogP contribution in [-0.4, -0.2) is 53.2 Å². The van der Waals surface area contributed by atoms with E-state index in [4.69, 9.17) is 9.47 Å². The van der Waals surface area contributed by atoms with Crippen LogP contribution in [0.5, 0.6) is 0 Å². The molecule has 0 aliphatic carbocycles. The first-order valence-corrected chi connectivity index (χ1v) is 11.3. The molecule has 2 N–H and O–H groups in total. The fourth-order valence-electron chi connectivity index (χ4n) is 3.65. The van der Waals surface area contributed by atoms with Gasteiger partial charge in [-0.05, 0) is 44.7 Å². The molecule has 0 aliphatic heterocycles. The first-order chi connectivity index (χ1) is 15.8. The molecule has 1 aromatic heterocycles. The van der Waals surface area contributed by atoms with Gasteiger partial charge in [0, 0.05) is 24.9 Å². The third kappa shape index (κ3) is 7.33. The van der Waals surface area contributed by atoms with Gasteiger partial charge in [0.05, 0.1) is 12.6 Å². The highest BCUT2D eigenvalue weighted by Crippen LogP contribution is 2.24. The summed E-state index contributed by atoms with van der Waals surface area (Å²) in [7, 11) is 1.24. The summed E-state index contributed by atoms with van der Waals surface area (Å²) in [4.78, 5) is 49.9. The van der Waals surface area contributed by atoms with Crippen LogP contribution < -0.4 is 10.6 Å². The van der Waals surface area contributed by atoms with Crippen LogP contribution in [0.3, 0.4) is 0 Å². The van der Waals surface area contributed by atoms with Gasteiger partial charge >= 0.3 is 12.1 Å². The molecular formula is C25H35N3O6. The Kier molecular flexibility index (Phi) is 8.84. The molecule has 0 unspecified atom stereocenters. The Bertz CT molecular complexity index is 1050. The molecule has 0 aliphatic rings. The van der Waals surface area contributed by atoms with E-state index in [2.05, 4.69) is 10.6 Å². The number of para-hydroxylation sites is 1. The lowest BCUT2D eigenvalue weighted by Crippen LogP contribution is -2.52. The Morgan fingerprint density at radius 1 is 1.03 bits per heavy atom. The minimum Gasteiger partial charge on any atom is -0.467 e. The zero-order valence-electron chi connectivity index (χ0n) is 20.9. The zero-order chi connectivity index (χ0) is 25.6. The lowest BCUT2D eigenvalue weighted by molar-refractivity contribution is -0.145. The van der Waals surface area contributed by atoms with Gasteiger partial charge in [0.2, 0.25) is 11.8 Å². The molecule has 0 saturated carbocycles. The van der Waals surface area contributed by atoms with Crippen LogP contribution in [-0.2, 0) is 30.3 Å². The molecule has 0 spiro atoms. The van der Waals surface area contributed by atoms with Crippen LogP contribution in [0.2, 0.25) is 0 Å². The van der Waals surface area contributed by atoms with E-state index >= 15 is 0 Å². The van der Waals surface area contributed by atoms with Gasteiger partial charge in [0.15, 0.2) is 0 Å². The molecule has 186 valence electrons. The normalized spacial score (nSPS) is 13.3. The predicted molar refractivity (Wildman–Crippen MR) is 128 cm³/mol. The van der Waals surface area contributed by atoms with Crippen LogP contribution in [0, 0.1) is 5.92 Å². The molecule has 0 saturated heterocycles. The number of nitrogens with zero attached hydrogens (tertiary/aromatic N) is 1. The van der Waals surface area contributed by atoms with Crippen LogP contribution >= 0.6 is 0 Å². The van der Waals surface area contributed by atoms with E-state index in [0.29, 0.717) is 17.5 Å². The number of benzene rings is 1. The molecule has 2 rings (SSSR count). The van der Waals surface area contributed by atoms with Gasteiger partial charge in [-0.15, -0.1) is 0 Å². The van der Waals surface area contributed by atoms with Crippen molar-refractivity contribution in [3.05, 3.63) is 36.0 Å². The summed E-state index contributed by atoms with van der Waals surface area (Å²) < 4.78 is 11.8. The maximum atomic E-state index is 13.0. The maximum absolute atomic E-state index is 13.0. The fraction of sp³-hybridized carbons (Fsp3) is 0.520. The first kappa shape index (κ1) is 26.9. The van der Waals surface area contributed by atoms with Crippen molar-refractivity contribution in [1.29, 1.82) is 0 Å². The molecule has 1 aromatic carbocycles. The number of ether oxygens (including phenoxy) is 2. The fourth-order valence-corrected chi connectivity index (χ4v) is 3.65. The number of amides is 2. The molecular weight excluding hydrogens is 438 g/mol. The Hall–Kier alpha value is -3.36. The minimum absolute atomic E-state index is 0.0865. The Labute approximate surface area is 200 Å². The number of methoxy groups -OCH3 is 1. The Morgan fingerprint density at radius 2 is 1.68 bits per heavy atom. The largest absolute Gasteiger partial charge is 0.467 e. The number of esters is 1. The van der Waals surface area contributed by atoms with Gasteiger partial charge in [-0.25, -0.2) is 9.59 Å². The summed E-state index contributed by atoms with van der Waals surface area (Å²) >= 11 is 0. The summed E-state index contributed by atoms with van der Waals surface area (Å²) in [6, 6.07) is 5.44. The Morgan fingerprint density at radius 3 is 2.24 bits per heavy atom. The summed E-state index contributed by atoms with van der Waals surface area (Å²) in [5.74, 6) is -1.30. The van der Waals surface area contributed by atoms with Crippen LogP contribution in [0.15, 0.2) is 30.5 Å². The number of carbonyl (C=O) groups excluding carboxylic acids is 4. The standard InChI is InChI=1S/C25H35N3O6/c1-15(2)12-19(26-16(3)29)22(30)27-20(23(31)33-7)13-17-14-28(24(32)34-25(4,5)6)21-11-9-8-10-18(17)21/h8-11,14-15,19-20H,12-13H2,1-7H3,(H,26,29)(H,27,30)/t19-,20-/m0/s1. The zero-order valence-corrected chi connectivity index (χ0v) is 20.9. The highest BCUT2D eigenvalue weighted by Gasteiger charge is 2.29. The van der Waals surface area contributed by atoms with E-state index in [-0.39, 0.29) is 18.2 Å². The summed E-state index contributed by atoms with van der Waals surface area (Å²) in [6.45, 7) is 10.6. The second-order valence-corrected chi connectivity index (χ2v) is 9.69. The monoisotopic (exact) mass is 473 g/mol. The molecule has 2 atom stereocenters. The van der Waals surface area contributed by atoms with E-state index in [9.17, 15) is 19.2 Å². The number of fused-ring (bicyclic) bond motifs is 1. The van der Waals surface area contributed by atoms with Gasteiger partial charge in [-0.3, -0.25) is 14.2 Å². The SMILES string of the molecule is COC(=O)[C@H](Cc1cn(C(=O)OC(C)(C)C)c2ccccc12)NC(=O)[C@H](CC(C)C)NC(C)=O. The molecule has 2 amide bonds. The molecule has 9 nitrogen and oxygen atoms in total. The molecule has 0 bridgehead atoms. The highest BCUT2D eigenvalue weighted by molar-refractivity contribution is 5.94. The van der Waals surface area contributed by atoms with Crippen molar-refractivity contribution in [2.45, 2.75) is 72.1 Å². The minimum atomic E-state index is -1.01. The third-order valence-electron chi connectivity index (χ3n) is 5.01. The molecule has 34 heavy (non-hydrogen) atoms. The van der Waals surface area contributed by atoms with Crippen molar-refractivity contribution in [3.63, 3.8) is 0 Å². The first-order valence-electron chi connectivity index (χ1n) is 11.3. The number of hydrogen-bond acceptors (Lipinski definition) is 6. The van der Waals surface area contributed by atoms with Gasteiger partial charge < -0.3 is 20.1 Å². The van der Waals surface area contributed by atoms with Gasteiger partial charge in [-0.1, -0.05) is 32.0 Å². The van der Waals surface area contributed by atoms with Gasteiger partial charge in [-0.2, -0.15) is 0 Å². The van der Waals surface area contributed by atoms with Crippen molar-refractivity contribution in [3.8, 4) is 0 Å². The van der Waals surface area contributed by atoms with Crippen LogP contribution in [0.25, 0.3) is 10.9 Å². The Balaban J connectivity index is 2.37. The number of rotatable bonds is 8. The summed E-state index contributed by atoms with van der Waals surface area (Å²) in [5, 5.41) is 6.10. The maximum Gasteiger partial charge on any atom is 0.419 e. The average molecular weight is 474 g/mol. The molecule has 0 fully saturated rings. The van der Waals surface area contributed by atoms with E-state index in [0.717, 1.165) is 5.39 Å². The lowest BCUT2D eigenvalue weighted by Gasteiger charge is -2.23. The summed E-state index contributed by atoms with van der Waals surface area (Å²) in [6.07, 6.45) is 1.57. The van der Waals surface area contributed by atoms with E-state index < -0.39 is 35.7 Å². The second kappa shape index (κ2) is 11.2. The molecule has 2 aromatic rings. The van der Waals surface area contributed by atoms with Crippen LogP contribution in [0.1, 0.15) is 53.5 Å². The van der Waals surface area contributed by atoms with Gasteiger partial charge in [0.25, 0.3) is 0 Å². The smallest absolute Gasteiger partial charge is 0.419 e. The highest BCUT2D eigenvalue weighted by atomic mass is 16.6. The van der Waals surface area contributed by atoms with Crippen molar-refractivity contribution in [2.24, 2.45) is 5.92 Å². The predicted octanol–water partition coefficient (Wildman–Crippen LogP) is 3.18. The van der Waals surface area contributed by atoms with Crippen molar-refractivity contribution < 1.29 is 28.7 Å². The number of nitrogens with one attached hydrogen (secondary N) is 2. The lowest BCUT2D eigenvalue weighted by atomic mass is 10.0. The topological polar surface area (TPSA) is 116 Å². The summed E-state index contributed by atoms with van der Waals surface area (Å²) in [5.41, 5.74) is 0.607. The van der Waals surface area contributed by atoms with Crippen molar-refractivity contribution >= 4 is 34.8 Å². The van der Waals surface area contributed by atoms with Crippen molar-refractivity contribution in [1.82, 2.24) is 15.2 Å². The average Bonchev–Trinajstić information content (AvgIpc) is 3.09. The van der Waals surface area contributed by atoms with Gasteiger partial charge in [0.1, 0.15) is 17.7 Å². The number of hydrogen-bond donors (Lipinski definition) is 2. The molecule has 1 heterocycles. The van der Waals surface area contributed by atoms with E-state index in [1.165, 1.54) is 18.6 Å². The number of carbonyl (C=O) groups is 4. The van der Waals surface area contributed by atoms with Crippen molar-refractivity contribution in [2.75, 3.05) is 7.11 Å². The third-order valence-corrected chi connectivity index (χ3v) is 5.01.